The maximum Gasteiger partial charge on any atom is 0.246 e. The summed E-state index contributed by atoms with van der Waals surface area (Å²) in [5.74, 6) is 0.618. The van der Waals surface area contributed by atoms with E-state index in [4.69, 9.17) is 4.74 Å². The summed E-state index contributed by atoms with van der Waals surface area (Å²) < 4.78 is 5.60. The molecule has 1 amide bonds. The summed E-state index contributed by atoms with van der Waals surface area (Å²) in [6.07, 6.45) is 4.80. The third kappa shape index (κ3) is 5.36. The van der Waals surface area contributed by atoms with Gasteiger partial charge in [0.25, 0.3) is 0 Å². The number of unbranched alkanes of at least 4 members (excludes halogenated alkanes) is 1. The van der Waals surface area contributed by atoms with Crippen molar-refractivity contribution in [3.8, 4) is 0 Å². The summed E-state index contributed by atoms with van der Waals surface area (Å²) in [7, 11) is 0. The molecule has 2 N–H and O–H groups in total. The van der Waals surface area contributed by atoms with E-state index in [0.717, 1.165) is 26.1 Å². The van der Waals surface area contributed by atoms with Crippen LogP contribution in [0.4, 0.5) is 0 Å². The highest BCUT2D eigenvalue weighted by atomic mass is 16.5. The van der Waals surface area contributed by atoms with Crippen molar-refractivity contribution >= 4 is 5.91 Å². The molecule has 0 aromatic carbocycles. The van der Waals surface area contributed by atoms with E-state index < -0.39 is 0 Å². The minimum atomic E-state index is -0.135. The van der Waals surface area contributed by atoms with Crippen molar-refractivity contribution in [3.63, 3.8) is 0 Å². The molecule has 0 spiro atoms. The van der Waals surface area contributed by atoms with E-state index in [1.165, 1.54) is 19.3 Å². The Kier molecular flexibility index (Phi) is 6.65. The average molecular weight is 256 g/mol. The van der Waals surface area contributed by atoms with Crippen molar-refractivity contribution < 1.29 is 9.53 Å². The van der Waals surface area contributed by atoms with Gasteiger partial charge in [0.05, 0.1) is 5.60 Å². The molecule has 0 bridgehead atoms. The number of ether oxygens (including phenoxy) is 1. The van der Waals surface area contributed by atoms with Crippen LogP contribution in [0, 0.1) is 5.92 Å². The van der Waals surface area contributed by atoms with Gasteiger partial charge in [0.15, 0.2) is 0 Å². The van der Waals surface area contributed by atoms with E-state index in [1.54, 1.807) is 0 Å². The zero-order valence-electron chi connectivity index (χ0n) is 12.1. The fourth-order valence-electron chi connectivity index (χ4n) is 2.07. The lowest BCUT2D eigenvalue weighted by molar-refractivity contribution is -0.136. The molecule has 0 aromatic rings. The fourth-order valence-corrected chi connectivity index (χ4v) is 2.07. The first kappa shape index (κ1) is 15.4. The molecule has 1 aliphatic heterocycles. The SMILES string of the molecule is CCCCC(CC)CNC(=O)COC1(C)CNC1. The van der Waals surface area contributed by atoms with Crippen LogP contribution in [0.15, 0.2) is 0 Å². The molecule has 4 nitrogen and oxygen atoms in total. The molecule has 0 aromatic heterocycles. The number of hydrogen-bond acceptors (Lipinski definition) is 3. The molecule has 4 heteroatoms. The molecule has 1 fully saturated rings. The van der Waals surface area contributed by atoms with Crippen LogP contribution in [-0.4, -0.2) is 37.7 Å². The largest absolute Gasteiger partial charge is 0.363 e. The molecule has 1 rings (SSSR count). The molecule has 106 valence electrons. The Morgan fingerprint density at radius 1 is 1.44 bits per heavy atom. The van der Waals surface area contributed by atoms with Gasteiger partial charge in [0.1, 0.15) is 6.61 Å². The number of amides is 1. The molecule has 1 atom stereocenters. The number of hydrogen-bond donors (Lipinski definition) is 2. The Balaban J connectivity index is 2.11. The maximum atomic E-state index is 11.7. The van der Waals surface area contributed by atoms with Crippen LogP contribution >= 0.6 is 0 Å². The maximum absolute atomic E-state index is 11.7. The summed E-state index contributed by atoms with van der Waals surface area (Å²) in [6.45, 7) is 9.07. The summed E-state index contributed by atoms with van der Waals surface area (Å²) >= 11 is 0. The standard InChI is InChI=1S/C14H28N2O2/c1-4-6-7-12(5-2)8-16-13(17)9-18-14(3)10-15-11-14/h12,15H,4-11H2,1-3H3,(H,16,17). The average Bonchev–Trinajstić information content (AvgIpc) is 2.34. The lowest BCUT2D eigenvalue weighted by atomic mass is 9.99. The monoisotopic (exact) mass is 256 g/mol. The number of carbonyl (C=O) groups excluding carboxylic acids is 1. The first-order chi connectivity index (χ1) is 8.59. The van der Waals surface area contributed by atoms with Crippen LogP contribution < -0.4 is 10.6 Å². The minimum Gasteiger partial charge on any atom is -0.363 e. The van der Waals surface area contributed by atoms with E-state index in [1.807, 2.05) is 6.92 Å². The zero-order valence-corrected chi connectivity index (χ0v) is 12.1. The van der Waals surface area contributed by atoms with Crippen molar-refractivity contribution in [1.82, 2.24) is 10.6 Å². The van der Waals surface area contributed by atoms with Gasteiger partial charge in [-0.15, -0.1) is 0 Å². The lowest BCUT2D eigenvalue weighted by Gasteiger charge is -2.38. The summed E-state index contributed by atoms with van der Waals surface area (Å²) in [5.41, 5.74) is -0.135. The van der Waals surface area contributed by atoms with Crippen molar-refractivity contribution in [2.75, 3.05) is 26.2 Å². The fraction of sp³-hybridized carbons (Fsp3) is 0.929. The summed E-state index contributed by atoms with van der Waals surface area (Å²) in [4.78, 5) is 11.7. The molecule has 1 saturated heterocycles. The molecule has 1 heterocycles. The molecular weight excluding hydrogens is 228 g/mol. The molecular formula is C14H28N2O2. The second kappa shape index (κ2) is 7.74. The van der Waals surface area contributed by atoms with Gasteiger partial charge in [-0.3, -0.25) is 4.79 Å². The molecule has 0 aliphatic carbocycles. The van der Waals surface area contributed by atoms with E-state index >= 15 is 0 Å². The van der Waals surface area contributed by atoms with Crippen LogP contribution in [0.5, 0.6) is 0 Å². The Morgan fingerprint density at radius 2 is 2.17 bits per heavy atom. The van der Waals surface area contributed by atoms with Crippen molar-refractivity contribution in [2.24, 2.45) is 5.92 Å². The predicted molar refractivity (Wildman–Crippen MR) is 73.5 cm³/mol. The molecule has 18 heavy (non-hydrogen) atoms. The van der Waals surface area contributed by atoms with Gasteiger partial charge in [0.2, 0.25) is 5.91 Å². The van der Waals surface area contributed by atoms with E-state index in [2.05, 4.69) is 24.5 Å². The minimum absolute atomic E-state index is 0.0121. The second-order valence-electron chi connectivity index (χ2n) is 5.56. The first-order valence-electron chi connectivity index (χ1n) is 7.21. The van der Waals surface area contributed by atoms with Gasteiger partial charge >= 0.3 is 0 Å². The van der Waals surface area contributed by atoms with Crippen LogP contribution in [0.25, 0.3) is 0 Å². The highest BCUT2D eigenvalue weighted by Gasteiger charge is 2.32. The highest BCUT2D eigenvalue weighted by molar-refractivity contribution is 5.77. The van der Waals surface area contributed by atoms with Gasteiger partial charge < -0.3 is 15.4 Å². The topological polar surface area (TPSA) is 50.4 Å². The van der Waals surface area contributed by atoms with E-state index in [-0.39, 0.29) is 18.1 Å². The van der Waals surface area contributed by atoms with Crippen molar-refractivity contribution in [2.45, 2.75) is 52.1 Å². The Labute approximate surface area is 111 Å². The van der Waals surface area contributed by atoms with Gasteiger partial charge in [0, 0.05) is 19.6 Å². The van der Waals surface area contributed by atoms with Crippen LogP contribution in [0.2, 0.25) is 0 Å². The Morgan fingerprint density at radius 3 is 2.67 bits per heavy atom. The third-order valence-electron chi connectivity index (χ3n) is 3.68. The molecule has 0 radical (unpaired) electrons. The van der Waals surface area contributed by atoms with Gasteiger partial charge in [-0.1, -0.05) is 33.1 Å². The van der Waals surface area contributed by atoms with Gasteiger partial charge in [-0.05, 0) is 19.3 Å². The number of carbonyl (C=O) groups is 1. The number of rotatable bonds is 9. The lowest BCUT2D eigenvalue weighted by Crippen LogP contribution is -2.59. The predicted octanol–water partition coefficient (Wildman–Crippen LogP) is 1.70. The van der Waals surface area contributed by atoms with Gasteiger partial charge in [-0.2, -0.15) is 0 Å². The quantitative estimate of drug-likeness (QED) is 0.660. The van der Waals surface area contributed by atoms with Crippen LogP contribution in [-0.2, 0) is 9.53 Å². The molecule has 0 saturated carbocycles. The smallest absolute Gasteiger partial charge is 0.246 e. The normalized spacial score (nSPS) is 19.1. The molecule has 1 aliphatic rings. The van der Waals surface area contributed by atoms with E-state index in [0.29, 0.717) is 5.92 Å². The Bertz CT molecular complexity index is 252. The third-order valence-corrected chi connectivity index (χ3v) is 3.68. The number of nitrogens with one attached hydrogen (secondary N) is 2. The summed E-state index contributed by atoms with van der Waals surface area (Å²) in [6, 6.07) is 0. The highest BCUT2D eigenvalue weighted by Crippen LogP contribution is 2.15. The van der Waals surface area contributed by atoms with Crippen LogP contribution in [0.3, 0.4) is 0 Å². The summed E-state index contributed by atoms with van der Waals surface area (Å²) in [5, 5.41) is 6.13. The molecule has 1 unspecified atom stereocenters. The van der Waals surface area contributed by atoms with Crippen LogP contribution in [0.1, 0.15) is 46.5 Å². The first-order valence-corrected chi connectivity index (χ1v) is 7.21. The van der Waals surface area contributed by atoms with Crippen molar-refractivity contribution in [3.05, 3.63) is 0 Å². The second-order valence-corrected chi connectivity index (χ2v) is 5.56. The van der Waals surface area contributed by atoms with Gasteiger partial charge in [-0.25, -0.2) is 0 Å². The zero-order chi connectivity index (χ0) is 13.4. The Hall–Kier alpha value is -0.610. The van der Waals surface area contributed by atoms with Crippen molar-refractivity contribution in [1.29, 1.82) is 0 Å². The van der Waals surface area contributed by atoms with E-state index in [9.17, 15) is 4.79 Å².